The molecule has 0 aromatic carbocycles. The first-order valence-electron chi connectivity index (χ1n) is 22.1. The topological polar surface area (TPSA) is 172 Å². The number of hydrogen-bond acceptors (Lipinski definition) is 9. The van der Waals surface area contributed by atoms with Gasteiger partial charge in [-0.1, -0.05) is 194 Å². The van der Waals surface area contributed by atoms with Crippen LogP contribution in [0.3, 0.4) is 0 Å². The molecule has 0 amide bonds. The molecule has 0 aliphatic heterocycles. The van der Waals surface area contributed by atoms with Crippen LogP contribution in [0.15, 0.2) is 0 Å². The van der Waals surface area contributed by atoms with Crippen molar-refractivity contribution in [2.24, 2.45) is 5.73 Å². The molecule has 320 valence electrons. The minimum absolute atomic E-state index is 0.169. The third-order valence-corrected chi connectivity index (χ3v) is 10.8. The summed E-state index contributed by atoms with van der Waals surface area (Å²) < 4.78 is 32.5. The van der Waals surface area contributed by atoms with E-state index in [0.717, 1.165) is 38.5 Å². The first-order chi connectivity index (χ1) is 26.1. The molecule has 12 heteroatoms. The summed E-state index contributed by atoms with van der Waals surface area (Å²) in [4.78, 5) is 45.7. The van der Waals surface area contributed by atoms with Crippen molar-refractivity contribution >= 4 is 25.7 Å². The van der Waals surface area contributed by atoms with Crippen LogP contribution in [0.5, 0.6) is 0 Å². The van der Waals surface area contributed by atoms with Gasteiger partial charge in [0.2, 0.25) is 0 Å². The summed E-state index contributed by atoms with van der Waals surface area (Å²) in [7, 11) is -4.70. The van der Waals surface area contributed by atoms with Crippen LogP contribution in [0.2, 0.25) is 0 Å². The number of nitrogens with two attached hydrogens (primary N) is 1. The molecule has 0 saturated heterocycles. The van der Waals surface area contributed by atoms with Crippen LogP contribution >= 0.6 is 7.82 Å². The SMILES string of the molecule is CCCCCCCCCCCCCCCCCCCCCCCCCC(=O)OC(COC(=O)CCCCCCCCC)COP(=O)(O)OCC(N)C(=O)O. The molecule has 11 nitrogen and oxygen atoms in total. The molecule has 0 bridgehead atoms. The average Bonchev–Trinajstić information content (AvgIpc) is 3.14. The van der Waals surface area contributed by atoms with Crippen molar-refractivity contribution in [3.05, 3.63) is 0 Å². The lowest BCUT2D eigenvalue weighted by Gasteiger charge is -2.20. The highest BCUT2D eigenvalue weighted by Crippen LogP contribution is 2.43. The summed E-state index contributed by atoms with van der Waals surface area (Å²) in [5, 5.41) is 8.86. The van der Waals surface area contributed by atoms with Gasteiger partial charge in [-0.05, 0) is 12.8 Å². The lowest BCUT2D eigenvalue weighted by molar-refractivity contribution is -0.161. The molecule has 0 spiro atoms. The minimum atomic E-state index is -4.70. The highest BCUT2D eigenvalue weighted by Gasteiger charge is 2.28. The third kappa shape index (κ3) is 37.4. The summed E-state index contributed by atoms with van der Waals surface area (Å²) in [6.45, 7) is 2.77. The van der Waals surface area contributed by atoms with Crippen molar-refractivity contribution in [1.82, 2.24) is 0 Å². The Labute approximate surface area is 329 Å². The number of carboxylic acids is 1. The van der Waals surface area contributed by atoms with Gasteiger partial charge in [-0.25, -0.2) is 4.57 Å². The Kier molecular flexibility index (Phi) is 37.3. The Morgan fingerprint density at radius 3 is 1.17 bits per heavy atom. The van der Waals surface area contributed by atoms with E-state index in [1.165, 1.54) is 141 Å². The molecule has 54 heavy (non-hydrogen) atoms. The molecule has 0 rings (SSSR count). The van der Waals surface area contributed by atoms with E-state index in [-0.39, 0.29) is 19.4 Å². The van der Waals surface area contributed by atoms with Gasteiger partial charge in [0.1, 0.15) is 12.6 Å². The molecule has 0 aliphatic carbocycles. The molecule has 0 heterocycles. The van der Waals surface area contributed by atoms with Crippen molar-refractivity contribution in [1.29, 1.82) is 0 Å². The number of hydrogen-bond donors (Lipinski definition) is 3. The van der Waals surface area contributed by atoms with Gasteiger partial charge in [-0.2, -0.15) is 0 Å². The van der Waals surface area contributed by atoms with Gasteiger partial charge in [-0.15, -0.1) is 0 Å². The molecule has 0 radical (unpaired) electrons. The maximum absolute atomic E-state index is 12.6. The predicted molar refractivity (Wildman–Crippen MR) is 217 cm³/mol. The summed E-state index contributed by atoms with van der Waals surface area (Å²) in [5.74, 6) is -2.37. The van der Waals surface area contributed by atoms with E-state index in [1.54, 1.807) is 0 Å². The maximum atomic E-state index is 12.6. The summed E-state index contributed by atoms with van der Waals surface area (Å²) in [6, 6.07) is -1.51. The first-order valence-corrected chi connectivity index (χ1v) is 23.6. The second-order valence-corrected chi connectivity index (χ2v) is 16.7. The second kappa shape index (κ2) is 38.4. The van der Waals surface area contributed by atoms with E-state index in [1.807, 2.05) is 0 Å². The van der Waals surface area contributed by atoms with Gasteiger partial charge in [0.15, 0.2) is 6.10 Å². The largest absolute Gasteiger partial charge is 0.480 e. The van der Waals surface area contributed by atoms with Gasteiger partial charge in [0.25, 0.3) is 0 Å². The Morgan fingerprint density at radius 1 is 0.500 bits per heavy atom. The molecule has 0 fully saturated rings. The quantitative estimate of drug-likeness (QED) is 0.0305. The number of phosphoric ester groups is 1. The summed E-state index contributed by atoms with van der Waals surface area (Å²) >= 11 is 0. The van der Waals surface area contributed by atoms with E-state index >= 15 is 0 Å². The number of ether oxygens (including phenoxy) is 2. The molecule has 0 saturated carbocycles. The fourth-order valence-electron chi connectivity index (χ4n) is 6.36. The number of carboxylic acid groups (broad SMARTS) is 1. The Bertz CT molecular complexity index is 937. The lowest BCUT2D eigenvalue weighted by Crippen LogP contribution is -2.34. The summed E-state index contributed by atoms with van der Waals surface area (Å²) in [5.41, 5.74) is 5.32. The van der Waals surface area contributed by atoms with E-state index in [9.17, 15) is 23.8 Å². The molecular formula is C42H82NO10P. The molecule has 0 aliphatic rings. The van der Waals surface area contributed by atoms with Gasteiger partial charge < -0.3 is 25.2 Å². The van der Waals surface area contributed by atoms with E-state index < -0.39 is 51.1 Å². The molecule has 0 aromatic rings. The fourth-order valence-corrected chi connectivity index (χ4v) is 7.14. The first kappa shape index (κ1) is 52.5. The van der Waals surface area contributed by atoms with Gasteiger partial charge in [0, 0.05) is 12.8 Å². The third-order valence-electron chi connectivity index (χ3n) is 9.86. The average molecular weight is 792 g/mol. The van der Waals surface area contributed by atoms with Crippen LogP contribution in [0.1, 0.15) is 219 Å². The van der Waals surface area contributed by atoms with Crippen LogP contribution in [0, 0.1) is 0 Å². The number of aliphatic carboxylic acids is 1. The minimum Gasteiger partial charge on any atom is -0.480 e. The lowest BCUT2D eigenvalue weighted by atomic mass is 10.0. The number of esters is 2. The maximum Gasteiger partial charge on any atom is 0.472 e. The van der Waals surface area contributed by atoms with Crippen LogP contribution in [0.25, 0.3) is 0 Å². The number of phosphoric acid groups is 1. The molecule has 3 atom stereocenters. The Hall–Kier alpha value is -1.52. The van der Waals surface area contributed by atoms with Crippen molar-refractivity contribution in [2.45, 2.75) is 231 Å². The number of carbonyl (C=O) groups is 3. The zero-order valence-electron chi connectivity index (χ0n) is 34.6. The second-order valence-electron chi connectivity index (χ2n) is 15.2. The monoisotopic (exact) mass is 792 g/mol. The highest BCUT2D eigenvalue weighted by molar-refractivity contribution is 7.47. The van der Waals surface area contributed by atoms with E-state index in [0.29, 0.717) is 12.8 Å². The van der Waals surface area contributed by atoms with Crippen LogP contribution < -0.4 is 5.73 Å². The van der Waals surface area contributed by atoms with Crippen molar-refractivity contribution in [2.75, 3.05) is 19.8 Å². The molecule has 3 unspecified atom stereocenters. The number of carbonyl (C=O) groups excluding carboxylic acids is 2. The molecule has 4 N–H and O–H groups in total. The fraction of sp³-hybridized carbons (Fsp3) is 0.929. The van der Waals surface area contributed by atoms with Crippen LogP contribution in [-0.4, -0.2) is 59.9 Å². The van der Waals surface area contributed by atoms with Gasteiger partial charge >= 0.3 is 25.7 Å². The predicted octanol–water partition coefficient (Wildman–Crippen LogP) is 11.5. The highest BCUT2D eigenvalue weighted by atomic mass is 31.2. The van der Waals surface area contributed by atoms with Crippen molar-refractivity contribution < 1.29 is 47.5 Å². The Morgan fingerprint density at radius 2 is 0.815 bits per heavy atom. The van der Waals surface area contributed by atoms with E-state index in [4.69, 9.17) is 24.8 Å². The van der Waals surface area contributed by atoms with Crippen LogP contribution in [0.4, 0.5) is 0 Å². The standard InChI is InChI=1S/C42H82NO10P/c1-3-5-7-9-11-12-13-14-15-16-17-18-19-20-21-22-23-24-25-26-28-30-32-34-41(45)53-38(36-51-54(48,49)52-37-39(43)42(46)47)35-50-40(44)33-31-29-27-10-8-6-4-2/h38-39H,3-37,43H2,1-2H3,(H,46,47)(H,48,49). The zero-order chi connectivity index (χ0) is 40.0. The van der Waals surface area contributed by atoms with E-state index in [2.05, 4.69) is 18.4 Å². The van der Waals surface area contributed by atoms with Gasteiger partial charge in [0.05, 0.1) is 13.2 Å². The smallest absolute Gasteiger partial charge is 0.472 e. The van der Waals surface area contributed by atoms with Gasteiger partial charge in [-0.3, -0.25) is 23.4 Å². The molecule has 0 aromatic heterocycles. The Balaban J connectivity index is 4.10. The number of unbranched alkanes of at least 4 members (excludes halogenated alkanes) is 28. The number of rotatable bonds is 42. The van der Waals surface area contributed by atoms with Crippen molar-refractivity contribution in [3.8, 4) is 0 Å². The normalized spacial score (nSPS) is 13.7. The van der Waals surface area contributed by atoms with Crippen molar-refractivity contribution in [3.63, 3.8) is 0 Å². The molecular weight excluding hydrogens is 709 g/mol. The van der Waals surface area contributed by atoms with Crippen LogP contribution in [-0.2, 0) is 37.5 Å². The zero-order valence-corrected chi connectivity index (χ0v) is 35.5. The summed E-state index contributed by atoms with van der Waals surface area (Å²) in [6.07, 6.45) is 36.4.